The monoisotopic (exact) mass is 280 g/mol. The smallest absolute Gasteiger partial charge is 0.323 e. The number of aliphatic carboxylic acids is 1. The third-order valence-corrected chi connectivity index (χ3v) is 3.44. The highest BCUT2D eigenvalue weighted by atomic mass is 16.5. The fraction of sp³-hybridized carbons (Fsp3) is 0.533. The number of carboxylic acids is 1. The number of anilines is 1. The molecule has 1 aromatic carbocycles. The van der Waals surface area contributed by atoms with Crippen molar-refractivity contribution in [3.63, 3.8) is 0 Å². The first-order valence-corrected chi connectivity index (χ1v) is 6.74. The molecule has 5 heteroatoms. The second-order valence-electron chi connectivity index (χ2n) is 5.30. The minimum absolute atomic E-state index is 0.485. The lowest BCUT2D eigenvalue weighted by molar-refractivity contribution is -0.142. The molecule has 1 atom stereocenters. The van der Waals surface area contributed by atoms with E-state index < -0.39 is 11.5 Å². The SMILES string of the molecule is COc1ccc(N(C)CCCCC(C)(N)C(=O)O)cc1. The molecular weight excluding hydrogens is 256 g/mol. The van der Waals surface area contributed by atoms with Crippen molar-refractivity contribution in [1.82, 2.24) is 0 Å². The van der Waals surface area contributed by atoms with Crippen LogP contribution in [0.3, 0.4) is 0 Å². The van der Waals surface area contributed by atoms with Crippen LogP contribution in [0.5, 0.6) is 5.75 Å². The molecule has 0 amide bonds. The van der Waals surface area contributed by atoms with E-state index in [0.717, 1.165) is 30.8 Å². The highest BCUT2D eigenvalue weighted by molar-refractivity contribution is 5.77. The molecule has 0 aromatic heterocycles. The van der Waals surface area contributed by atoms with Crippen LogP contribution in [0.4, 0.5) is 5.69 Å². The third kappa shape index (κ3) is 4.74. The Bertz CT molecular complexity index is 429. The van der Waals surface area contributed by atoms with E-state index in [1.807, 2.05) is 31.3 Å². The van der Waals surface area contributed by atoms with E-state index >= 15 is 0 Å². The molecule has 0 spiro atoms. The van der Waals surface area contributed by atoms with Crippen molar-refractivity contribution in [3.8, 4) is 5.75 Å². The van der Waals surface area contributed by atoms with E-state index in [2.05, 4.69) is 4.90 Å². The minimum atomic E-state index is -1.13. The van der Waals surface area contributed by atoms with Crippen molar-refractivity contribution in [2.45, 2.75) is 31.7 Å². The second-order valence-corrected chi connectivity index (χ2v) is 5.30. The van der Waals surface area contributed by atoms with E-state index in [1.54, 1.807) is 14.0 Å². The summed E-state index contributed by atoms with van der Waals surface area (Å²) in [6, 6.07) is 7.85. The number of hydrogen-bond acceptors (Lipinski definition) is 4. The van der Waals surface area contributed by atoms with Gasteiger partial charge in [0.1, 0.15) is 11.3 Å². The molecule has 3 N–H and O–H groups in total. The molecule has 0 saturated heterocycles. The number of hydrogen-bond donors (Lipinski definition) is 2. The Balaban J connectivity index is 2.36. The van der Waals surface area contributed by atoms with Crippen LogP contribution in [0.1, 0.15) is 26.2 Å². The molecule has 20 heavy (non-hydrogen) atoms. The van der Waals surface area contributed by atoms with Crippen LogP contribution in [0.2, 0.25) is 0 Å². The van der Waals surface area contributed by atoms with Gasteiger partial charge in [-0.2, -0.15) is 0 Å². The van der Waals surface area contributed by atoms with Crippen molar-refractivity contribution in [3.05, 3.63) is 24.3 Å². The maximum Gasteiger partial charge on any atom is 0.323 e. The molecule has 0 bridgehead atoms. The number of nitrogens with two attached hydrogens (primary N) is 1. The summed E-state index contributed by atoms with van der Waals surface area (Å²) in [6.45, 7) is 2.42. The first kappa shape index (κ1) is 16.3. The lowest BCUT2D eigenvalue weighted by Crippen LogP contribution is -2.44. The zero-order valence-corrected chi connectivity index (χ0v) is 12.4. The Morgan fingerprint density at radius 3 is 2.45 bits per heavy atom. The average Bonchev–Trinajstić information content (AvgIpc) is 2.43. The summed E-state index contributed by atoms with van der Waals surface area (Å²) < 4.78 is 5.12. The van der Waals surface area contributed by atoms with Crippen molar-refractivity contribution in [2.75, 3.05) is 25.6 Å². The van der Waals surface area contributed by atoms with Crippen LogP contribution in [-0.2, 0) is 4.79 Å². The number of benzene rings is 1. The lowest BCUT2D eigenvalue weighted by atomic mass is 9.96. The maximum atomic E-state index is 10.9. The normalized spacial score (nSPS) is 13.6. The molecule has 0 saturated carbocycles. The van der Waals surface area contributed by atoms with Gasteiger partial charge < -0.3 is 20.5 Å². The largest absolute Gasteiger partial charge is 0.497 e. The highest BCUT2D eigenvalue weighted by Gasteiger charge is 2.26. The topological polar surface area (TPSA) is 75.8 Å². The Morgan fingerprint density at radius 2 is 1.95 bits per heavy atom. The Labute approximate surface area is 120 Å². The summed E-state index contributed by atoms with van der Waals surface area (Å²) in [7, 11) is 3.66. The first-order valence-electron chi connectivity index (χ1n) is 6.74. The maximum absolute atomic E-state index is 10.9. The number of ether oxygens (including phenoxy) is 1. The standard InChI is InChI=1S/C15H24N2O3/c1-15(16,14(18)19)10-4-5-11-17(2)12-6-8-13(20-3)9-7-12/h6-9H,4-5,10-11,16H2,1-3H3,(H,18,19). The van der Waals surface area contributed by atoms with Crippen molar-refractivity contribution in [2.24, 2.45) is 5.73 Å². The van der Waals surface area contributed by atoms with Crippen molar-refractivity contribution in [1.29, 1.82) is 0 Å². The van der Waals surface area contributed by atoms with Crippen LogP contribution in [0, 0.1) is 0 Å². The number of methoxy groups -OCH3 is 1. The zero-order valence-electron chi connectivity index (χ0n) is 12.4. The Kier molecular flexibility index (Phi) is 5.82. The Hall–Kier alpha value is -1.75. The molecule has 0 aliphatic rings. The first-order chi connectivity index (χ1) is 9.36. The van der Waals surface area contributed by atoms with Crippen molar-refractivity contribution >= 4 is 11.7 Å². The van der Waals surface area contributed by atoms with Crippen LogP contribution >= 0.6 is 0 Å². The molecule has 112 valence electrons. The van der Waals surface area contributed by atoms with E-state index in [1.165, 1.54) is 0 Å². The molecule has 0 heterocycles. The van der Waals surface area contributed by atoms with Crippen LogP contribution in [0.25, 0.3) is 0 Å². The summed E-state index contributed by atoms with van der Waals surface area (Å²) in [4.78, 5) is 13.0. The van der Waals surface area contributed by atoms with Gasteiger partial charge in [0.25, 0.3) is 0 Å². The summed E-state index contributed by atoms with van der Waals surface area (Å²) in [5.74, 6) is -0.108. The molecular formula is C15H24N2O3. The van der Waals surface area contributed by atoms with Gasteiger partial charge in [-0.15, -0.1) is 0 Å². The predicted molar refractivity (Wildman–Crippen MR) is 80.3 cm³/mol. The van der Waals surface area contributed by atoms with Gasteiger partial charge in [-0.05, 0) is 50.5 Å². The summed E-state index contributed by atoms with van der Waals surface area (Å²) in [5.41, 5.74) is 5.68. The van der Waals surface area contributed by atoms with Crippen LogP contribution < -0.4 is 15.4 Å². The number of nitrogens with zero attached hydrogens (tertiary/aromatic N) is 1. The van der Waals surface area contributed by atoms with Crippen LogP contribution in [-0.4, -0.2) is 37.3 Å². The summed E-state index contributed by atoms with van der Waals surface area (Å²) >= 11 is 0. The van der Waals surface area contributed by atoms with Gasteiger partial charge in [0, 0.05) is 19.3 Å². The van der Waals surface area contributed by atoms with Crippen molar-refractivity contribution < 1.29 is 14.6 Å². The molecule has 5 nitrogen and oxygen atoms in total. The summed E-state index contributed by atoms with van der Waals surface area (Å²) in [6.07, 6.45) is 2.18. The number of carboxylic acid groups (broad SMARTS) is 1. The average molecular weight is 280 g/mol. The predicted octanol–water partition coefficient (Wildman–Crippen LogP) is 2.10. The van der Waals surface area contributed by atoms with E-state index in [4.69, 9.17) is 15.6 Å². The number of rotatable bonds is 8. The molecule has 0 aliphatic carbocycles. The van der Waals surface area contributed by atoms with Gasteiger partial charge in [0.15, 0.2) is 0 Å². The number of unbranched alkanes of at least 4 members (excludes halogenated alkanes) is 1. The Morgan fingerprint density at radius 1 is 1.35 bits per heavy atom. The minimum Gasteiger partial charge on any atom is -0.497 e. The lowest BCUT2D eigenvalue weighted by Gasteiger charge is -2.22. The molecule has 1 rings (SSSR count). The fourth-order valence-corrected chi connectivity index (χ4v) is 1.91. The van der Waals surface area contributed by atoms with Gasteiger partial charge >= 0.3 is 5.97 Å². The molecule has 0 aliphatic heterocycles. The van der Waals surface area contributed by atoms with E-state index in [9.17, 15) is 4.79 Å². The van der Waals surface area contributed by atoms with Gasteiger partial charge in [-0.1, -0.05) is 0 Å². The molecule has 0 radical (unpaired) electrons. The third-order valence-electron chi connectivity index (χ3n) is 3.44. The van der Waals surface area contributed by atoms with Gasteiger partial charge in [0.2, 0.25) is 0 Å². The number of carbonyl (C=O) groups is 1. The quantitative estimate of drug-likeness (QED) is 0.713. The second kappa shape index (κ2) is 7.14. The summed E-state index contributed by atoms with van der Waals surface area (Å²) in [5, 5.41) is 8.93. The van der Waals surface area contributed by atoms with E-state index in [-0.39, 0.29) is 0 Å². The zero-order chi connectivity index (χ0) is 15.2. The van der Waals surface area contributed by atoms with Gasteiger partial charge in [-0.3, -0.25) is 4.79 Å². The fourth-order valence-electron chi connectivity index (χ4n) is 1.91. The van der Waals surface area contributed by atoms with Gasteiger partial charge in [0.05, 0.1) is 7.11 Å². The molecule has 1 aromatic rings. The molecule has 1 unspecified atom stereocenters. The van der Waals surface area contributed by atoms with Crippen LogP contribution in [0.15, 0.2) is 24.3 Å². The van der Waals surface area contributed by atoms with Gasteiger partial charge in [-0.25, -0.2) is 0 Å². The van der Waals surface area contributed by atoms with E-state index in [0.29, 0.717) is 6.42 Å². The highest BCUT2D eigenvalue weighted by Crippen LogP contribution is 2.19. The molecule has 0 fully saturated rings.